The lowest BCUT2D eigenvalue weighted by Gasteiger charge is -2.22. The highest BCUT2D eigenvalue weighted by Gasteiger charge is 2.26. The zero-order chi connectivity index (χ0) is 16.6. The quantitative estimate of drug-likeness (QED) is 0.859. The van der Waals surface area contributed by atoms with E-state index >= 15 is 0 Å². The van der Waals surface area contributed by atoms with Gasteiger partial charge in [-0.15, -0.1) is 0 Å². The Morgan fingerprint density at radius 2 is 1.96 bits per heavy atom. The van der Waals surface area contributed by atoms with Gasteiger partial charge in [0.05, 0.1) is 17.6 Å². The van der Waals surface area contributed by atoms with Crippen molar-refractivity contribution in [2.75, 3.05) is 23.7 Å². The first-order chi connectivity index (χ1) is 10.9. The van der Waals surface area contributed by atoms with Gasteiger partial charge in [-0.05, 0) is 25.5 Å². The van der Waals surface area contributed by atoms with Crippen LogP contribution >= 0.6 is 0 Å². The summed E-state index contributed by atoms with van der Waals surface area (Å²) in [4.78, 5) is 2.23. The molecule has 1 aromatic carbocycles. The summed E-state index contributed by atoms with van der Waals surface area (Å²) in [6.45, 7) is 6.34. The summed E-state index contributed by atoms with van der Waals surface area (Å²) < 4.78 is 31.0. The van der Waals surface area contributed by atoms with E-state index in [4.69, 9.17) is 4.52 Å². The normalized spacial score (nSPS) is 16.2. The molecule has 0 saturated carbocycles. The van der Waals surface area contributed by atoms with Crippen LogP contribution in [0.25, 0.3) is 0 Å². The van der Waals surface area contributed by atoms with Crippen LogP contribution in [0.3, 0.4) is 0 Å². The highest BCUT2D eigenvalue weighted by molar-refractivity contribution is 7.92. The van der Waals surface area contributed by atoms with E-state index in [1.807, 2.05) is 38.1 Å². The lowest BCUT2D eigenvalue weighted by atomic mass is 10.1. The molecular weight excluding hydrogens is 314 g/mol. The minimum absolute atomic E-state index is 0.444. The average molecular weight is 335 g/mol. The molecule has 0 atom stereocenters. The topological polar surface area (TPSA) is 66.7 Å². The van der Waals surface area contributed by atoms with E-state index in [9.17, 15) is 8.42 Å². The van der Waals surface area contributed by atoms with Crippen molar-refractivity contribution >= 4 is 15.7 Å². The van der Waals surface area contributed by atoms with E-state index in [0.29, 0.717) is 26.2 Å². The number of aromatic nitrogens is 1. The fraction of sp³-hybridized carbons (Fsp3) is 0.438. The van der Waals surface area contributed by atoms with Crippen LogP contribution in [0.2, 0.25) is 0 Å². The zero-order valence-electron chi connectivity index (χ0n) is 13.6. The van der Waals surface area contributed by atoms with Crippen LogP contribution in [-0.2, 0) is 23.1 Å². The second-order valence-corrected chi connectivity index (χ2v) is 7.88. The lowest BCUT2D eigenvalue weighted by Crippen LogP contribution is -2.35. The molecule has 2 aromatic rings. The van der Waals surface area contributed by atoms with Gasteiger partial charge < -0.3 is 4.52 Å². The molecule has 7 heteroatoms. The summed E-state index contributed by atoms with van der Waals surface area (Å²) in [5.74, 6) is 0.819. The summed E-state index contributed by atoms with van der Waals surface area (Å²) in [6.07, 6.45) is 1.26. The number of aryl methyl sites for hydroxylation is 2. The first kappa shape index (κ1) is 16.0. The molecule has 0 fully saturated rings. The molecule has 1 aliphatic rings. The molecule has 0 spiro atoms. The first-order valence-corrected chi connectivity index (χ1v) is 9.41. The van der Waals surface area contributed by atoms with Gasteiger partial charge >= 0.3 is 0 Å². The molecule has 0 radical (unpaired) electrons. The monoisotopic (exact) mass is 335 g/mol. The molecule has 0 N–H and O–H groups in total. The van der Waals surface area contributed by atoms with Crippen molar-refractivity contribution in [1.29, 1.82) is 0 Å². The average Bonchev–Trinajstić information content (AvgIpc) is 2.71. The minimum atomic E-state index is -3.29. The number of anilines is 1. The molecule has 6 nitrogen and oxygen atoms in total. The summed E-state index contributed by atoms with van der Waals surface area (Å²) >= 11 is 0. The number of hydrogen-bond acceptors (Lipinski definition) is 5. The molecule has 3 rings (SSSR count). The highest BCUT2D eigenvalue weighted by Crippen LogP contribution is 2.28. The van der Waals surface area contributed by atoms with Crippen molar-refractivity contribution in [1.82, 2.24) is 10.1 Å². The molecule has 0 aliphatic carbocycles. The van der Waals surface area contributed by atoms with E-state index in [1.165, 1.54) is 10.6 Å². The van der Waals surface area contributed by atoms with Crippen molar-refractivity contribution < 1.29 is 12.9 Å². The molecule has 0 unspecified atom stereocenters. The molecule has 2 heterocycles. The SMILES string of the molecule is Cc1noc(C)c1CN1CCN(S(C)(=O)=O)c2ccccc2C1. The molecule has 1 aliphatic heterocycles. The standard InChI is InChI=1S/C16H21N3O3S/c1-12-15(13(2)22-17-12)11-18-8-9-19(23(3,20)21)16-7-5-4-6-14(16)10-18/h4-7H,8-11H2,1-3H3. The maximum atomic E-state index is 12.1. The Kier molecular flexibility index (Phi) is 4.16. The number of benzene rings is 1. The van der Waals surface area contributed by atoms with Crippen molar-refractivity contribution in [2.24, 2.45) is 0 Å². The van der Waals surface area contributed by atoms with Gasteiger partial charge in [0.15, 0.2) is 0 Å². The third-order valence-corrected chi connectivity index (χ3v) is 5.42. The first-order valence-electron chi connectivity index (χ1n) is 7.56. The minimum Gasteiger partial charge on any atom is -0.361 e. The summed E-state index contributed by atoms with van der Waals surface area (Å²) in [5, 5.41) is 4.00. The van der Waals surface area contributed by atoms with E-state index in [-0.39, 0.29) is 0 Å². The Hall–Kier alpha value is -1.86. The molecule has 23 heavy (non-hydrogen) atoms. The van der Waals surface area contributed by atoms with Crippen LogP contribution in [0.1, 0.15) is 22.6 Å². The predicted molar refractivity (Wildman–Crippen MR) is 88.7 cm³/mol. The largest absolute Gasteiger partial charge is 0.361 e. The van der Waals surface area contributed by atoms with Gasteiger partial charge in [0.25, 0.3) is 0 Å². The number of nitrogens with zero attached hydrogens (tertiary/aromatic N) is 3. The Balaban J connectivity index is 1.91. The van der Waals surface area contributed by atoms with Gasteiger partial charge in [-0.25, -0.2) is 8.42 Å². The third-order valence-electron chi connectivity index (χ3n) is 4.24. The van der Waals surface area contributed by atoms with Gasteiger partial charge in [0.2, 0.25) is 10.0 Å². The second-order valence-electron chi connectivity index (χ2n) is 5.98. The molecule has 124 valence electrons. The predicted octanol–water partition coefficient (Wildman–Crippen LogP) is 2.07. The van der Waals surface area contributed by atoms with Crippen LogP contribution < -0.4 is 4.31 Å². The smallest absolute Gasteiger partial charge is 0.232 e. The van der Waals surface area contributed by atoms with E-state index < -0.39 is 10.0 Å². The fourth-order valence-electron chi connectivity index (χ4n) is 2.99. The summed E-state index contributed by atoms with van der Waals surface area (Å²) in [6, 6.07) is 7.68. The van der Waals surface area contributed by atoms with Gasteiger partial charge in [-0.1, -0.05) is 23.4 Å². The molecule has 0 amide bonds. The van der Waals surface area contributed by atoms with Crippen molar-refractivity contribution in [3.63, 3.8) is 0 Å². The number of rotatable bonds is 3. The maximum Gasteiger partial charge on any atom is 0.232 e. The molecular formula is C16H21N3O3S. The Morgan fingerprint density at radius 3 is 2.61 bits per heavy atom. The fourth-order valence-corrected chi connectivity index (χ4v) is 3.94. The molecule has 0 bridgehead atoms. The number of fused-ring (bicyclic) bond motifs is 1. The van der Waals surface area contributed by atoms with Crippen LogP contribution in [-0.4, -0.2) is 37.8 Å². The van der Waals surface area contributed by atoms with Crippen LogP contribution in [0.4, 0.5) is 5.69 Å². The van der Waals surface area contributed by atoms with Crippen LogP contribution in [0.5, 0.6) is 0 Å². The zero-order valence-corrected chi connectivity index (χ0v) is 14.4. The van der Waals surface area contributed by atoms with E-state index in [2.05, 4.69) is 10.1 Å². The van der Waals surface area contributed by atoms with Gasteiger partial charge in [0.1, 0.15) is 5.76 Å². The lowest BCUT2D eigenvalue weighted by molar-refractivity contribution is 0.268. The number of sulfonamides is 1. The summed E-state index contributed by atoms with van der Waals surface area (Å²) in [5.41, 5.74) is 3.76. The third kappa shape index (κ3) is 3.25. The summed E-state index contributed by atoms with van der Waals surface area (Å²) in [7, 11) is -3.29. The van der Waals surface area contributed by atoms with E-state index in [1.54, 1.807) is 0 Å². The Labute approximate surface area is 136 Å². The maximum absolute atomic E-state index is 12.1. The van der Waals surface area contributed by atoms with Gasteiger partial charge in [-0.3, -0.25) is 9.21 Å². The van der Waals surface area contributed by atoms with E-state index in [0.717, 1.165) is 28.3 Å². The Bertz CT molecular complexity index is 794. The van der Waals surface area contributed by atoms with Crippen molar-refractivity contribution in [2.45, 2.75) is 26.9 Å². The number of para-hydroxylation sites is 1. The second kappa shape index (κ2) is 5.98. The van der Waals surface area contributed by atoms with Crippen molar-refractivity contribution in [3.8, 4) is 0 Å². The molecule has 1 aromatic heterocycles. The molecule has 0 saturated heterocycles. The van der Waals surface area contributed by atoms with Gasteiger partial charge in [-0.2, -0.15) is 0 Å². The number of hydrogen-bond donors (Lipinski definition) is 0. The van der Waals surface area contributed by atoms with Gasteiger partial charge in [0, 0.05) is 31.7 Å². The van der Waals surface area contributed by atoms with Crippen LogP contribution in [0.15, 0.2) is 28.8 Å². The highest BCUT2D eigenvalue weighted by atomic mass is 32.2. The van der Waals surface area contributed by atoms with Crippen LogP contribution in [0, 0.1) is 13.8 Å². The van der Waals surface area contributed by atoms with Crippen molar-refractivity contribution in [3.05, 3.63) is 46.8 Å². The Morgan fingerprint density at radius 1 is 1.22 bits per heavy atom.